The molecular formula is C25H32FN5O2. The number of carbonyl (C=O) groups is 2. The van der Waals surface area contributed by atoms with Crippen LogP contribution in [0.5, 0.6) is 0 Å². The number of Topliss-reactive ketones (excluding diaryl/α,β-unsaturated/α-hetero) is 1. The van der Waals surface area contributed by atoms with Crippen molar-refractivity contribution in [1.29, 1.82) is 0 Å². The Kier molecular flexibility index (Phi) is 8.95. The van der Waals surface area contributed by atoms with Crippen LogP contribution in [0.4, 0.5) is 14.9 Å². The molecule has 1 aliphatic rings. The lowest BCUT2D eigenvalue weighted by atomic mass is 9.91. The van der Waals surface area contributed by atoms with Crippen LogP contribution in [0.15, 0.2) is 53.5 Å². The molecule has 7 nitrogen and oxygen atoms in total. The monoisotopic (exact) mass is 453 g/mol. The molecule has 0 aliphatic carbocycles. The fourth-order valence-electron chi connectivity index (χ4n) is 4.16. The Morgan fingerprint density at radius 3 is 2.73 bits per heavy atom. The van der Waals surface area contributed by atoms with Gasteiger partial charge in [0.2, 0.25) is 5.96 Å². The van der Waals surface area contributed by atoms with E-state index in [0.717, 1.165) is 38.9 Å². The second-order valence-electron chi connectivity index (χ2n) is 8.48. The third-order valence-corrected chi connectivity index (χ3v) is 5.74. The SMILES string of the molecule is CC(=O)c1cccc(NC(=NC(N)=O)NCCCN2CCCC(Cc3ccc(F)cc3)C2)c1. The molecule has 1 aliphatic heterocycles. The summed E-state index contributed by atoms with van der Waals surface area (Å²) in [6.07, 6.45) is 4.18. The number of hydrogen-bond donors (Lipinski definition) is 3. The van der Waals surface area contributed by atoms with Crippen LogP contribution in [0.25, 0.3) is 0 Å². The number of ketones is 1. The quantitative estimate of drug-likeness (QED) is 0.244. The number of primary amides is 1. The van der Waals surface area contributed by atoms with Gasteiger partial charge in [-0.1, -0.05) is 24.3 Å². The lowest BCUT2D eigenvalue weighted by Gasteiger charge is -2.33. The second-order valence-corrected chi connectivity index (χ2v) is 8.48. The number of halogens is 1. The fourth-order valence-corrected chi connectivity index (χ4v) is 4.16. The lowest BCUT2D eigenvalue weighted by molar-refractivity contribution is 0.101. The highest BCUT2D eigenvalue weighted by Gasteiger charge is 2.20. The summed E-state index contributed by atoms with van der Waals surface area (Å²) in [6.45, 7) is 5.13. The van der Waals surface area contributed by atoms with Gasteiger partial charge in [-0.15, -0.1) is 0 Å². The number of guanidine groups is 1. The topological polar surface area (TPSA) is 99.8 Å². The Bertz CT molecular complexity index is 977. The summed E-state index contributed by atoms with van der Waals surface area (Å²) >= 11 is 0. The molecule has 2 aromatic rings. The summed E-state index contributed by atoms with van der Waals surface area (Å²) in [5, 5.41) is 6.16. The van der Waals surface area contributed by atoms with Gasteiger partial charge in [0.25, 0.3) is 0 Å². The second kappa shape index (κ2) is 12.1. The maximum Gasteiger partial charge on any atom is 0.341 e. The predicted molar refractivity (Wildman–Crippen MR) is 129 cm³/mol. The first-order chi connectivity index (χ1) is 15.9. The van der Waals surface area contributed by atoms with Gasteiger partial charge in [0.05, 0.1) is 0 Å². The van der Waals surface area contributed by atoms with E-state index in [0.29, 0.717) is 23.7 Å². The molecule has 8 heteroatoms. The summed E-state index contributed by atoms with van der Waals surface area (Å²) in [5.74, 6) is 0.589. The van der Waals surface area contributed by atoms with E-state index in [1.807, 2.05) is 12.1 Å². The molecule has 2 amide bonds. The van der Waals surface area contributed by atoms with Crippen LogP contribution in [-0.2, 0) is 6.42 Å². The maximum atomic E-state index is 13.1. The number of amides is 2. The number of nitrogens with one attached hydrogen (secondary N) is 2. The number of nitrogens with zero attached hydrogens (tertiary/aromatic N) is 2. The molecule has 1 saturated heterocycles. The van der Waals surface area contributed by atoms with Gasteiger partial charge in [-0.3, -0.25) is 4.79 Å². The van der Waals surface area contributed by atoms with Crippen LogP contribution < -0.4 is 16.4 Å². The summed E-state index contributed by atoms with van der Waals surface area (Å²) in [6, 6.07) is 13.0. The number of carbonyl (C=O) groups excluding carboxylic acids is 2. The van der Waals surface area contributed by atoms with Crippen molar-refractivity contribution in [1.82, 2.24) is 10.2 Å². The number of hydrogen-bond acceptors (Lipinski definition) is 3. The highest BCUT2D eigenvalue weighted by molar-refractivity contribution is 6.01. The van der Waals surface area contributed by atoms with Crippen LogP contribution in [0, 0.1) is 11.7 Å². The third-order valence-electron chi connectivity index (χ3n) is 5.74. The number of rotatable bonds is 8. The normalized spacial score (nSPS) is 16.9. The van der Waals surface area contributed by atoms with Gasteiger partial charge < -0.3 is 21.3 Å². The van der Waals surface area contributed by atoms with E-state index in [4.69, 9.17) is 5.73 Å². The molecule has 1 atom stereocenters. The molecule has 0 spiro atoms. The van der Waals surface area contributed by atoms with Crippen molar-refractivity contribution in [3.63, 3.8) is 0 Å². The Hall–Kier alpha value is -3.26. The fraction of sp³-hybridized carbons (Fsp3) is 0.400. The van der Waals surface area contributed by atoms with Gasteiger partial charge in [-0.25, -0.2) is 9.18 Å². The molecule has 3 rings (SSSR count). The van der Waals surface area contributed by atoms with E-state index >= 15 is 0 Å². The smallest absolute Gasteiger partial charge is 0.341 e. The molecule has 0 aromatic heterocycles. The largest absolute Gasteiger partial charge is 0.356 e. The first kappa shape index (κ1) is 24.4. The Balaban J connectivity index is 1.46. The van der Waals surface area contributed by atoms with E-state index < -0.39 is 6.03 Å². The summed E-state index contributed by atoms with van der Waals surface area (Å²) in [4.78, 5) is 29.2. The van der Waals surface area contributed by atoms with E-state index in [2.05, 4.69) is 20.5 Å². The van der Waals surface area contributed by atoms with E-state index in [1.54, 1.807) is 24.3 Å². The van der Waals surface area contributed by atoms with E-state index in [1.165, 1.54) is 31.0 Å². The van der Waals surface area contributed by atoms with Crippen molar-refractivity contribution in [2.75, 3.05) is 31.5 Å². The minimum atomic E-state index is -0.799. The van der Waals surface area contributed by atoms with Crippen LogP contribution in [0.1, 0.15) is 42.1 Å². The number of likely N-dealkylation sites (tertiary alicyclic amines) is 1. The summed E-state index contributed by atoms with van der Waals surface area (Å²) < 4.78 is 13.1. The molecule has 1 heterocycles. The average molecular weight is 454 g/mol. The molecule has 1 fully saturated rings. The molecule has 33 heavy (non-hydrogen) atoms. The van der Waals surface area contributed by atoms with Gasteiger partial charge in [0.15, 0.2) is 5.78 Å². The number of nitrogens with two attached hydrogens (primary N) is 1. The zero-order chi connectivity index (χ0) is 23.6. The van der Waals surface area contributed by atoms with Gasteiger partial charge in [0.1, 0.15) is 5.82 Å². The van der Waals surface area contributed by atoms with Gasteiger partial charge in [-0.05, 0) is 81.4 Å². The minimum absolute atomic E-state index is 0.0423. The van der Waals surface area contributed by atoms with Crippen molar-refractivity contribution < 1.29 is 14.0 Å². The Morgan fingerprint density at radius 2 is 2.00 bits per heavy atom. The first-order valence-electron chi connectivity index (χ1n) is 11.4. The van der Waals surface area contributed by atoms with E-state index in [-0.39, 0.29) is 17.6 Å². The highest BCUT2D eigenvalue weighted by atomic mass is 19.1. The van der Waals surface area contributed by atoms with Crippen LogP contribution in [0.2, 0.25) is 0 Å². The molecule has 0 bridgehead atoms. The lowest BCUT2D eigenvalue weighted by Crippen LogP contribution is -2.39. The van der Waals surface area contributed by atoms with Crippen LogP contribution in [0.3, 0.4) is 0 Å². The zero-order valence-corrected chi connectivity index (χ0v) is 19.0. The van der Waals surface area contributed by atoms with Gasteiger partial charge >= 0.3 is 6.03 Å². The molecule has 2 aromatic carbocycles. The van der Waals surface area contributed by atoms with Crippen LogP contribution >= 0.6 is 0 Å². The van der Waals surface area contributed by atoms with E-state index in [9.17, 15) is 14.0 Å². The van der Waals surface area contributed by atoms with Crippen molar-refractivity contribution in [3.8, 4) is 0 Å². The number of piperidine rings is 1. The Labute approximate surface area is 194 Å². The average Bonchev–Trinajstić information content (AvgIpc) is 2.78. The molecule has 4 N–H and O–H groups in total. The predicted octanol–water partition coefficient (Wildman–Crippen LogP) is 3.81. The van der Waals surface area contributed by atoms with Crippen molar-refractivity contribution in [3.05, 3.63) is 65.5 Å². The summed E-state index contributed by atoms with van der Waals surface area (Å²) in [5.41, 5.74) is 7.64. The molecular weight excluding hydrogens is 421 g/mol. The summed E-state index contributed by atoms with van der Waals surface area (Å²) in [7, 11) is 0. The number of urea groups is 1. The van der Waals surface area contributed by atoms with Gasteiger partial charge in [-0.2, -0.15) is 4.99 Å². The minimum Gasteiger partial charge on any atom is -0.356 e. The zero-order valence-electron chi connectivity index (χ0n) is 19.0. The standard InChI is InChI=1S/C25H32FN5O2/c1-18(32)21-6-2-7-23(16-21)29-25(30-24(27)33)28-12-4-14-31-13-3-5-20(17-31)15-19-8-10-22(26)11-9-19/h2,6-11,16,20H,3-5,12-15,17H2,1H3,(H4,27,28,29,30,33). The van der Waals surface area contributed by atoms with Crippen molar-refractivity contribution in [2.24, 2.45) is 16.6 Å². The van der Waals surface area contributed by atoms with Gasteiger partial charge in [0, 0.05) is 24.3 Å². The van der Waals surface area contributed by atoms with Crippen molar-refractivity contribution >= 4 is 23.5 Å². The first-order valence-corrected chi connectivity index (χ1v) is 11.4. The number of benzene rings is 2. The van der Waals surface area contributed by atoms with Crippen molar-refractivity contribution in [2.45, 2.75) is 32.6 Å². The molecule has 176 valence electrons. The molecule has 0 saturated carbocycles. The molecule has 1 unspecified atom stereocenters. The molecule has 0 radical (unpaired) electrons. The Morgan fingerprint density at radius 1 is 1.21 bits per heavy atom. The highest BCUT2D eigenvalue weighted by Crippen LogP contribution is 2.21. The number of aliphatic imine (C=N–C) groups is 1. The maximum absolute atomic E-state index is 13.1. The number of anilines is 1. The third kappa shape index (κ3) is 8.31. The van der Waals surface area contributed by atoms with Crippen LogP contribution in [-0.4, -0.2) is 48.9 Å².